The van der Waals surface area contributed by atoms with Gasteiger partial charge in [-0.1, -0.05) is 23.7 Å². The van der Waals surface area contributed by atoms with Crippen LogP contribution < -0.4 is 5.32 Å². The smallest absolute Gasteiger partial charge is 0.219 e. The van der Waals surface area contributed by atoms with Gasteiger partial charge < -0.3 is 10.2 Å². The minimum atomic E-state index is 0.0102. The van der Waals surface area contributed by atoms with Gasteiger partial charge in [0.05, 0.1) is 0 Å². The van der Waals surface area contributed by atoms with Gasteiger partial charge in [-0.25, -0.2) is 0 Å². The number of hydrogen-bond acceptors (Lipinski definition) is 3. The van der Waals surface area contributed by atoms with Crippen molar-refractivity contribution in [2.24, 2.45) is 0 Å². The third-order valence-corrected chi connectivity index (χ3v) is 4.19. The highest BCUT2D eigenvalue weighted by molar-refractivity contribution is 6.30. The Bertz CT molecular complexity index is 573. The highest BCUT2D eigenvalue weighted by Gasteiger charge is 2.20. The number of likely N-dealkylation sites (tertiary alicyclic amines) is 1. The summed E-state index contributed by atoms with van der Waals surface area (Å²) in [5.74, 6) is 0.135. The number of halogens is 1. The predicted octanol–water partition coefficient (Wildman–Crippen LogP) is 2.87. The molecule has 1 fully saturated rings. The fourth-order valence-electron chi connectivity index (χ4n) is 2.58. The molecule has 0 unspecified atom stereocenters. The largest absolute Gasteiger partial charge is 0.387 e. The van der Waals surface area contributed by atoms with E-state index in [9.17, 15) is 9.59 Å². The van der Waals surface area contributed by atoms with E-state index >= 15 is 0 Å². The number of benzene rings is 1. The fourth-order valence-corrected chi connectivity index (χ4v) is 2.71. The maximum atomic E-state index is 11.8. The van der Waals surface area contributed by atoms with E-state index in [0.717, 1.165) is 31.5 Å². The summed E-state index contributed by atoms with van der Waals surface area (Å²) < 4.78 is 0. The van der Waals surface area contributed by atoms with Gasteiger partial charge in [-0.15, -0.1) is 0 Å². The second-order valence-electron chi connectivity index (χ2n) is 5.57. The van der Waals surface area contributed by atoms with Crippen LogP contribution in [0.25, 0.3) is 5.57 Å². The summed E-state index contributed by atoms with van der Waals surface area (Å²) in [4.78, 5) is 25.0. The molecule has 1 heterocycles. The Morgan fingerprint density at radius 2 is 1.77 bits per heavy atom. The van der Waals surface area contributed by atoms with Crippen molar-refractivity contribution in [3.8, 4) is 0 Å². The van der Waals surface area contributed by atoms with Crippen LogP contribution in [0, 0.1) is 0 Å². The van der Waals surface area contributed by atoms with Crippen molar-refractivity contribution in [3.05, 3.63) is 41.1 Å². The number of nitrogens with zero attached hydrogens (tertiary/aromatic N) is 1. The molecule has 2 rings (SSSR count). The van der Waals surface area contributed by atoms with Crippen molar-refractivity contribution in [2.75, 3.05) is 13.1 Å². The van der Waals surface area contributed by atoms with E-state index in [0.29, 0.717) is 10.6 Å². The summed E-state index contributed by atoms with van der Waals surface area (Å²) in [6, 6.07) is 7.53. The van der Waals surface area contributed by atoms with Crippen molar-refractivity contribution in [2.45, 2.75) is 32.7 Å². The van der Waals surface area contributed by atoms with Crippen LogP contribution in [0.1, 0.15) is 32.3 Å². The van der Waals surface area contributed by atoms with Crippen LogP contribution in [-0.2, 0) is 9.59 Å². The monoisotopic (exact) mass is 320 g/mol. The van der Waals surface area contributed by atoms with E-state index in [1.165, 1.54) is 0 Å². The molecule has 0 aromatic heterocycles. The van der Waals surface area contributed by atoms with Gasteiger partial charge in [-0.2, -0.15) is 0 Å². The minimum absolute atomic E-state index is 0.0102. The molecule has 1 aromatic rings. The van der Waals surface area contributed by atoms with E-state index in [2.05, 4.69) is 5.32 Å². The summed E-state index contributed by atoms with van der Waals surface area (Å²) in [6.07, 6.45) is 3.57. The highest BCUT2D eigenvalue weighted by Crippen LogP contribution is 2.19. The lowest BCUT2D eigenvalue weighted by molar-refractivity contribution is -0.129. The summed E-state index contributed by atoms with van der Waals surface area (Å²) in [5, 5.41) is 3.97. The van der Waals surface area contributed by atoms with E-state index in [-0.39, 0.29) is 17.7 Å². The number of nitrogens with one attached hydrogen (secondary N) is 1. The van der Waals surface area contributed by atoms with Gasteiger partial charge in [0.2, 0.25) is 5.91 Å². The molecule has 1 N–H and O–H groups in total. The van der Waals surface area contributed by atoms with Crippen LogP contribution in [0.2, 0.25) is 5.02 Å². The number of piperidine rings is 1. The topological polar surface area (TPSA) is 49.4 Å². The van der Waals surface area contributed by atoms with Gasteiger partial charge in [-0.05, 0) is 37.5 Å². The normalized spacial score (nSPS) is 16.5. The second-order valence-corrected chi connectivity index (χ2v) is 6.00. The van der Waals surface area contributed by atoms with E-state index in [1.807, 2.05) is 17.0 Å². The van der Waals surface area contributed by atoms with Crippen molar-refractivity contribution in [3.63, 3.8) is 0 Å². The molecule has 0 bridgehead atoms. The zero-order chi connectivity index (χ0) is 16.1. The molecule has 5 heteroatoms. The zero-order valence-electron chi connectivity index (χ0n) is 12.9. The van der Waals surface area contributed by atoms with Crippen LogP contribution in [0.15, 0.2) is 30.5 Å². The molecule has 1 aliphatic rings. The lowest BCUT2D eigenvalue weighted by Crippen LogP contribution is -2.42. The molecule has 4 nitrogen and oxygen atoms in total. The number of amides is 1. The third kappa shape index (κ3) is 4.34. The molecular formula is C17H21ClN2O2. The first-order valence-electron chi connectivity index (χ1n) is 7.46. The summed E-state index contributed by atoms with van der Waals surface area (Å²) in [6.45, 7) is 4.68. The van der Waals surface area contributed by atoms with Gasteiger partial charge in [-0.3, -0.25) is 9.59 Å². The van der Waals surface area contributed by atoms with Crippen LogP contribution in [0.3, 0.4) is 0 Å². The first-order valence-corrected chi connectivity index (χ1v) is 7.84. The Hall–Kier alpha value is -1.81. The minimum Gasteiger partial charge on any atom is -0.387 e. The first kappa shape index (κ1) is 16.6. The predicted molar refractivity (Wildman–Crippen MR) is 88.5 cm³/mol. The Balaban J connectivity index is 2.01. The molecule has 0 aliphatic carbocycles. The number of carbonyl (C=O) groups excluding carboxylic acids is 2. The molecule has 0 saturated carbocycles. The lowest BCUT2D eigenvalue weighted by Gasteiger charge is -2.31. The Morgan fingerprint density at radius 3 is 2.27 bits per heavy atom. The Kier molecular flexibility index (Phi) is 5.61. The maximum absolute atomic E-state index is 11.8. The zero-order valence-corrected chi connectivity index (χ0v) is 13.7. The average molecular weight is 321 g/mol. The number of ketones is 1. The highest BCUT2D eigenvalue weighted by atomic mass is 35.5. The van der Waals surface area contributed by atoms with Crippen LogP contribution in [-0.4, -0.2) is 35.7 Å². The number of hydrogen-bond donors (Lipinski definition) is 1. The number of carbonyl (C=O) groups is 2. The maximum Gasteiger partial charge on any atom is 0.219 e. The van der Waals surface area contributed by atoms with Crippen molar-refractivity contribution in [1.82, 2.24) is 10.2 Å². The Labute approximate surface area is 136 Å². The molecular weight excluding hydrogens is 300 g/mol. The first-order chi connectivity index (χ1) is 10.5. The van der Waals surface area contributed by atoms with Crippen molar-refractivity contribution in [1.29, 1.82) is 0 Å². The van der Waals surface area contributed by atoms with Crippen molar-refractivity contribution >= 4 is 28.9 Å². The summed E-state index contributed by atoms with van der Waals surface area (Å²) in [7, 11) is 0. The van der Waals surface area contributed by atoms with E-state index < -0.39 is 0 Å². The lowest BCUT2D eigenvalue weighted by atomic mass is 10.0. The molecule has 1 aromatic carbocycles. The molecule has 0 spiro atoms. The molecule has 118 valence electrons. The molecule has 1 aliphatic heterocycles. The fraction of sp³-hybridized carbons (Fsp3) is 0.412. The second kappa shape index (κ2) is 7.45. The van der Waals surface area contributed by atoms with Crippen LogP contribution in [0.4, 0.5) is 0 Å². The molecule has 0 radical (unpaired) electrons. The van der Waals surface area contributed by atoms with E-state index in [1.54, 1.807) is 32.2 Å². The van der Waals surface area contributed by atoms with Gasteiger partial charge in [0, 0.05) is 42.9 Å². The third-order valence-electron chi connectivity index (χ3n) is 3.94. The number of allylic oxidation sites excluding steroid dienone is 1. The van der Waals surface area contributed by atoms with E-state index in [4.69, 9.17) is 11.6 Å². The quantitative estimate of drug-likeness (QED) is 0.868. The Morgan fingerprint density at radius 1 is 1.18 bits per heavy atom. The van der Waals surface area contributed by atoms with Gasteiger partial charge in [0.15, 0.2) is 5.78 Å². The molecule has 22 heavy (non-hydrogen) atoms. The average Bonchev–Trinajstić information content (AvgIpc) is 2.49. The van der Waals surface area contributed by atoms with Crippen LogP contribution in [0.5, 0.6) is 0 Å². The molecule has 1 saturated heterocycles. The standard InChI is InChI=1S/C17H21ClN2O2/c1-12(21)17(14-3-5-15(18)6-4-14)11-19-16-7-9-20(10-8-16)13(2)22/h3-6,11,16,19H,7-10H2,1-2H3/b17-11-. The molecule has 1 amide bonds. The number of Topliss-reactive ketones (excluding diaryl/α,β-unsaturated/α-hetero) is 1. The number of rotatable bonds is 4. The van der Waals surface area contributed by atoms with Crippen molar-refractivity contribution < 1.29 is 9.59 Å². The van der Waals surface area contributed by atoms with Gasteiger partial charge >= 0.3 is 0 Å². The van der Waals surface area contributed by atoms with Crippen LogP contribution >= 0.6 is 11.6 Å². The summed E-state index contributed by atoms with van der Waals surface area (Å²) in [5.41, 5.74) is 1.50. The SMILES string of the molecule is CC(=O)/C(=C/NC1CCN(C(C)=O)CC1)c1ccc(Cl)cc1. The molecule has 0 atom stereocenters. The van der Waals surface area contributed by atoms with Gasteiger partial charge in [0.1, 0.15) is 0 Å². The summed E-state index contributed by atoms with van der Waals surface area (Å²) >= 11 is 5.88. The van der Waals surface area contributed by atoms with Gasteiger partial charge in [0.25, 0.3) is 0 Å².